The van der Waals surface area contributed by atoms with Crippen LogP contribution in [0, 0.1) is 17.0 Å². The van der Waals surface area contributed by atoms with Crippen molar-refractivity contribution in [1.29, 1.82) is 0 Å². The van der Waals surface area contributed by atoms with E-state index < -0.39 is 22.8 Å². The number of anilines is 2. The van der Waals surface area contributed by atoms with Crippen LogP contribution in [0.15, 0.2) is 58.5 Å². The maximum absolute atomic E-state index is 12.2. The average molecular weight is 409 g/mol. The zero-order chi connectivity index (χ0) is 21.7. The summed E-state index contributed by atoms with van der Waals surface area (Å²) in [5, 5.41) is 18.7. The van der Waals surface area contributed by atoms with E-state index in [9.17, 15) is 19.7 Å². The summed E-state index contributed by atoms with van der Waals surface area (Å²) in [4.78, 5) is 42.6. The zero-order valence-electron chi connectivity index (χ0n) is 16.0. The molecule has 0 aliphatic carbocycles. The highest BCUT2D eigenvalue weighted by Crippen LogP contribution is 2.18. The number of rotatable bonds is 5. The number of carbonyl (C=O) groups is 2. The second-order valence-corrected chi connectivity index (χ2v) is 6.51. The van der Waals surface area contributed by atoms with Crippen molar-refractivity contribution in [2.45, 2.75) is 19.4 Å². The molecule has 0 radical (unpaired) electrons. The number of nitrogens with two attached hydrogens (primary N) is 1. The number of non-ortho nitro benzene ring substituents is 1. The molecule has 154 valence electrons. The van der Waals surface area contributed by atoms with Crippen molar-refractivity contribution in [3.8, 4) is 0 Å². The molecular weight excluding hydrogens is 390 g/mol. The summed E-state index contributed by atoms with van der Waals surface area (Å²) < 4.78 is 0. The lowest BCUT2D eigenvalue weighted by atomic mass is 10.2. The van der Waals surface area contributed by atoms with Gasteiger partial charge in [0, 0.05) is 23.5 Å². The number of hydrogen-bond donors (Lipinski definition) is 4. The third kappa shape index (κ3) is 5.38. The SMILES string of the molecule is Cc1ccc(N/C(N)=N/C2=NC(CC(=O)Nc3cccc([N+](=O)[O-])c3)C(=O)N2)cc1. The van der Waals surface area contributed by atoms with Crippen molar-refractivity contribution < 1.29 is 14.5 Å². The van der Waals surface area contributed by atoms with Crippen LogP contribution in [0.2, 0.25) is 0 Å². The molecule has 1 unspecified atom stereocenters. The van der Waals surface area contributed by atoms with Crippen LogP contribution in [-0.4, -0.2) is 34.7 Å². The molecule has 5 N–H and O–H groups in total. The number of aryl methyl sites for hydroxylation is 1. The quantitative estimate of drug-likeness (QED) is 0.253. The minimum absolute atomic E-state index is 0.00902. The lowest BCUT2D eigenvalue weighted by molar-refractivity contribution is -0.384. The van der Waals surface area contributed by atoms with Gasteiger partial charge in [-0.05, 0) is 25.1 Å². The first-order chi connectivity index (χ1) is 14.3. The largest absolute Gasteiger partial charge is 0.369 e. The maximum Gasteiger partial charge on any atom is 0.271 e. The molecule has 3 rings (SSSR count). The fourth-order valence-electron chi connectivity index (χ4n) is 2.64. The molecule has 0 aromatic heterocycles. The van der Waals surface area contributed by atoms with Crippen molar-refractivity contribution in [1.82, 2.24) is 5.32 Å². The number of benzene rings is 2. The van der Waals surface area contributed by atoms with E-state index >= 15 is 0 Å². The number of carbonyl (C=O) groups excluding carboxylic acids is 2. The van der Waals surface area contributed by atoms with E-state index in [4.69, 9.17) is 5.73 Å². The predicted molar refractivity (Wildman–Crippen MR) is 112 cm³/mol. The number of nitro groups is 1. The molecule has 11 heteroatoms. The number of nitro benzene ring substituents is 1. The Labute approximate surface area is 171 Å². The van der Waals surface area contributed by atoms with E-state index in [-0.39, 0.29) is 29.7 Å². The molecule has 1 aliphatic rings. The molecule has 1 aliphatic heterocycles. The Morgan fingerprint density at radius 1 is 1.23 bits per heavy atom. The first kappa shape index (κ1) is 20.5. The normalized spacial score (nSPS) is 15.9. The fourth-order valence-corrected chi connectivity index (χ4v) is 2.64. The monoisotopic (exact) mass is 409 g/mol. The van der Waals surface area contributed by atoms with Crippen LogP contribution in [0.5, 0.6) is 0 Å². The minimum Gasteiger partial charge on any atom is -0.369 e. The molecule has 0 fully saturated rings. The van der Waals surface area contributed by atoms with E-state index in [2.05, 4.69) is 25.9 Å². The Balaban J connectivity index is 1.60. The predicted octanol–water partition coefficient (Wildman–Crippen LogP) is 1.51. The Kier molecular flexibility index (Phi) is 6.01. The van der Waals surface area contributed by atoms with Crippen molar-refractivity contribution in [2.24, 2.45) is 15.7 Å². The minimum atomic E-state index is -0.977. The molecule has 2 amide bonds. The molecule has 0 bridgehead atoms. The Hall–Kier alpha value is -4.28. The van der Waals surface area contributed by atoms with E-state index in [1.807, 2.05) is 31.2 Å². The van der Waals surface area contributed by atoms with Crippen LogP contribution in [-0.2, 0) is 9.59 Å². The molecule has 1 atom stereocenters. The summed E-state index contributed by atoms with van der Waals surface area (Å²) in [6.07, 6.45) is -0.251. The number of hydrogen-bond acceptors (Lipinski definition) is 6. The smallest absolute Gasteiger partial charge is 0.271 e. The molecule has 1 heterocycles. The average Bonchev–Trinajstić information content (AvgIpc) is 3.02. The summed E-state index contributed by atoms with van der Waals surface area (Å²) in [5.74, 6) is -0.994. The molecule has 30 heavy (non-hydrogen) atoms. The van der Waals surface area contributed by atoms with E-state index in [0.29, 0.717) is 0 Å². The number of aliphatic imine (C=N–C) groups is 2. The molecule has 0 spiro atoms. The van der Waals surface area contributed by atoms with E-state index in [1.54, 1.807) is 0 Å². The fraction of sp³-hybridized carbons (Fsp3) is 0.158. The van der Waals surface area contributed by atoms with Gasteiger partial charge in [-0.25, -0.2) is 4.99 Å². The molecule has 0 saturated carbocycles. The van der Waals surface area contributed by atoms with Crippen LogP contribution < -0.4 is 21.7 Å². The third-order valence-corrected chi connectivity index (χ3v) is 4.09. The maximum atomic E-state index is 12.2. The Morgan fingerprint density at radius 3 is 2.67 bits per heavy atom. The highest BCUT2D eigenvalue weighted by Gasteiger charge is 2.28. The van der Waals surface area contributed by atoms with Crippen LogP contribution >= 0.6 is 0 Å². The molecule has 11 nitrogen and oxygen atoms in total. The van der Waals surface area contributed by atoms with Gasteiger partial charge < -0.3 is 16.4 Å². The van der Waals surface area contributed by atoms with Gasteiger partial charge in [0.25, 0.3) is 11.6 Å². The second-order valence-electron chi connectivity index (χ2n) is 6.51. The van der Waals surface area contributed by atoms with Crippen LogP contribution in [0.25, 0.3) is 0 Å². The van der Waals surface area contributed by atoms with Crippen molar-refractivity contribution in [3.05, 3.63) is 64.2 Å². The van der Waals surface area contributed by atoms with Gasteiger partial charge in [-0.2, -0.15) is 4.99 Å². The third-order valence-electron chi connectivity index (χ3n) is 4.09. The van der Waals surface area contributed by atoms with Crippen LogP contribution in [0.1, 0.15) is 12.0 Å². The van der Waals surface area contributed by atoms with E-state index in [1.165, 1.54) is 24.3 Å². The standard InChI is InChI=1S/C19H19N7O4/c1-11-5-7-12(8-6-11)22-18(20)25-19-23-15(17(28)24-19)10-16(27)21-13-3-2-4-14(9-13)26(29)30/h2-9,15H,10H2,1H3,(H,21,27)(H4,20,22,23,24,25,28). The first-order valence-corrected chi connectivity index (χ1v) is 8.91. The Morgan fingerprint density at radius 2 is 1.97 bits per heavy atom. The zero-order valence-corrected chi connectivity index (χ0v) is 16.0. The van der Waals surface area contributed by atoms with Crippen LogP contribution in [0.4, 0.5) is 17.1 Å². The number of guanidine groups is 2. The molecule has 0 saturated heterocycles. The van der Waals surface area contributed by atoms with Gasteiger partial charge in [0.15, 0.2) is 0 Å². The van der Waals surface area contributed by atoms with Gasteiger partial charge in [0.1, 0.15) is 6.04 Å². The molecular formula is C19H19N7O4. The summed E-state index contributed by atoms with van der Waals surface area (Å²) in [6, 6.07) is 12.0. The van der Waals surface area contributed by atoms with Gasteiger partial charge in [-0.1, -0.05) is 23.8 Å². The van der Waals surface area contributed by atoms with E-state index in [0.717, 1.165) is 11.3 Å². The highest BCUT2D eigenvalue weighted by atomic mass is 16.6. The second kappa shape index (κ2) is 8.82. The highest BCUT2D eigenvalue weighted by molar-refractivity contribution is 6.11. The van der Waals surface area contributed by atoms with Crippen molar-refractivity contribution in [2.75, 3.05) is 10.6 Å². The summed E-state index contributed by atoms with van der Waals surface area (Å²) in [5.41, 5.74) is 7.74. The lowest BCUT2D eigenvalue weighted by Crippen LogP contribution is -2.32. The number of amides is 2. The molecule has 2 aromatic carbocycles. The topological polar surface area (TPSA) is 164 Å². The van der Waals surface area contributed by atoms with Gasteiger partial charge in [0.2, 0.25) is 17.8 Å². The van der Waals surface area contributed by atoms with Gasteiger partial charge >= 0.3 is 0 Å². The van der Waals surface area contributed by atoms with Gasteiger partial charge in [-0.3, -0.25) is 25.0 Å². The summed E-state index contributed by atoms with van der Waals surface area (Å²) in [6.45, 7) is 1.96. The van der Waals surface area contributed by atoms with Crippen molar-refractivity contribution in [3.63, 3.8) is 0 Å². The van der Waals surface area contributed by atoms with Crippen LogP contribution in [0.3, 0.4) is 0 Å². The Bertz CT molecular complexity index is 1050. The van der Waals surface area contributed by atoms with Gasteiger partial charge in [0.05, 0.1) is 11.3 Å². The molecule has 2 aromatic rings. The number of nitrogens with one attached hydrogen (secondary N) is 3. The summed E-state index contributed by atoms with van der Waals surface area (Å²) >= 11 is 0. The van der Waals surface area contributed by atoms with Gasteiger partial charge in [-0.15, -0.1) is 0 Å². The lowest BCUT2D eigenvalue weighted by Gasteiger charge is -2.06. The van der Waals surface area contributed by atoms with Crippen molar-refractivity contribution >= 4 is 40.8 Å². The number of nitrogens with zero attached hydrogens (tertiary/aromatic N) is 3. The first-order valence-electron chi connectivity index (χ1n) is 8.91. The summed E-state index contributed by atoms with van der Waals surface area (Å²) in [7, 11) is 0.